The highest BCUT2D eigenvalue weighted by Crippen LogP contribution is 2.38. The molecule has 8 heteroatoms. The summed E-state index contributed by atoms with van der Waals surface area (Å²) < 4.78 is 10.7. The first-order valence-electron chi connectivity index (χ1n) is 9.00. The lowest BCUT2D eigenvalue weighted by atomic mass is 9.94. The van der Waals surface area contributed by atoms with Crippen molar-refractivity contribution in [1.29, 1.82) is 5.26 Å². The number of fused-ring (bicyclic) bond motifs is 1. The Bertz CT molecular complexity index is 924. The van der Waals surface area contributed by atoms with Gasteiger partial charge in [-0.25, -0.2) is 4.79 Å². The number of ether oxygens (including phenoxy) is 1. The van der Waals surface area contributed by atoms with Crippen molar-refractivity contribution in [2.24, 2.45) is 0 Å². The third-order valence-electron chi connectivity index (χ3n) is 4.56. The SMILES string of the molecule is CCN(C)C(=O)OC1CCc2c(sc(NC(=O)/C=C/c3ccco3)c2C#N)C1. The van der Waals surface area contributed by atoms with Crippen LogP contribution >= 0.6 is 11.3 Å². The molecule has 3 rings (SSSR count). The third kappa shape index (κ3) is 4.43. The van der Waals surface area contributed by atoms with Crippen LogP contribution in [-0.2, 0) is 22.4 Å². The zero-order valence-electron chi connectivity index (χ0n) is 15.7. The number of rotatable bonds is 5. The van der Waals surface area contributed by atoms with Crippen molar-refractivity contribution in [1.82, 2.24) is 4.90 Å². The van der Waals surface area contributed by atoms with Gasteiger partial charge in [0.15, 0.2) is 0 Å². The summed E-state index contributed by atoms with van der Waals surface area (Å²) in [6.45, 7) is 2.46. The van der Waals surface area contributed by atoms with Crippen LogP contribution in [0.3, 0.4) is 0 Å². The molecule has 0 bridgehead atoms. The van der Waals surface area contributed by atoms with Gasteiger partial charge in [0.25, 0.3) is 0 Å². The molecule has 0 saturated carbocycles. The minimum Gasteiger partial charge on any atom is -0.465 e. The second-order valence-electron chi connectivity index (χ2n) is 6.42. The highest BCUT2D eigenvalue weighted by molar-refractivity contribution is 7.16. The average molecular weight is 399 g/mol. The Labute approximate surface area is 167 Å². The lowest BCUT2D eigenvalue weighted by Gasteiger charge is -2.24. The van der Waals surface area contributed by atoms with Crippen LogP contribution in [0.25, 0.3) is 6.08 Å². The summed E-state index contributed by atoms with van der Waals surface area (Å²) in [6.07, 6.45) is 5.74. The fourth-order valence-electron chi connectivity index (χ4n) is 2.92. The Morgan fingerprint density at radius 1 is 1.54 bits per heavy atom. The largest absolute Gasteiger partial charge is 0.465 e. The first-order valence-corrected chi connectivity index (χ1v) is 9.82. The topological polar surface area (TPSA) is 95.6 Å². The second kappa shape index (κ2) is 8.76. The Morgan fingerprint density at radius 3 is 3.04 bits per heavy atom. The average Bonchev–Trinajstić information content (AvgIpc) is 3.32. The molecule has 1 unspecified atom stereocenters. The van der Waals surface area contributed by atoms with Gasteiger partial charge in [0, 0.05) is 31.0 Å². The van der Waals surface area contributed by atoms with E-state index in [2.05, 4.69) is 11.4 Å². The predicted octanol–water partition coefficient (Wildman–Crippen LogP) is 3.81. The van der Waals surface area contributed by atoms with Crippen molar-refractivity contribution in [3.8, 4) is 6.07 Å². The molecule has 0 aliphatic heterocycles. The van der Waals surface area contributed by atoms with E-state index in [9.17, 15) is 14.9 Å². The Balaban J connectivity index is 1.69. The second-order valence-corrected chi connectivity index (χ2v) is 7.53. The van der Waals surface area contributed by atoms with E-state index in [1.54, 1.807) is 25.3 Å². The number of amides is 2. The quantitative estimate of drug-likeness (QED) is 0.772. The zero-order chi connectivity index (χ0) is 20.1. The van der Waals surface area contributed by atoms with Gasteiger partial charge in [0.1, 0.15) is 22.9 Å². The molecule has 0 aromatic carbocycles. The van der Waals surface area contributed by atoms with Gasteiger partial charge < -0.3 is 19.4 Å². The van der Waals surface area contributed by atoms with E-state index >= 15 is 0 Å². The van der Waals surface area contributed by atoms with Crippen LogP contribution in [0.5, 0.6) is 0 Å². The maximum Gasteiger partial charge on any atom is 0.409 e. The van der Waals surface area contributed by atoms with E-state index in [4.69, 9.17) is 9.15 Å². The molecule has 0 saturated heterocycles. The molecule has 0 radical (unpaired) electrons. The lowest BCUT2D eigenvalue weighted by molar-refractivity contribution is -0.111. The van der Waals surface area contributed by atoms with Crippen molar-refractivity contribution in [2.45, 2.75) is 32.3 Å². The minimum atomic E-state index is -0.343. The van der Waals surface area contributed by atoms with Gasteiger partial charge in [-0.2, -0.15) is 5.26 Å². The molecule has 7 nitrogen and oxygen atoms in total. The molecule has 146 valence electrons. The summed E-state index contributed by atoms with van der Waals surface area (Å²) in [7, 11) is 1.69. The third-order valence-corrected chi connectivity index (χ3v) is 5.73. The number of nitrogens with zero attached hydrogens (tertiary/aromatic N) is 2. The van der Waals surface area contributed by atoms with E-state index in [1.165, 1.54) is 28.6 Å². The molecular weight excluding hydrogens is 378 g/mol. The minimum absolute atomic E-state index is 0.221. The molecule has 1 aliphatic carbocycles. The number of hydrogen-bond acceptors (Lipinski definition) is 6. The summed E-state index contributed by atoms with van der Waals surface area (Å²) in [4.78, 5) is 26.7. The standard InChI is InChI=1S/C20H21N3O4S/c1-3-23(2)20(25)27-14-6-8-15-16(12-21)19(28-17(15)11-14)22-18(24)9-7-13-5-4-10-26-13/h4-5,7,9-10,14H,3,6,8,11H2,1-2H3,(H,22,24)/b9-7+. The molecule has 1 aliphatic rings. The summed E-state index contributed by atoms with van der Waals surface area (Å²) >= 11 is 1.37. The van der Waals surface area contributed by atoms with Gasteiger partial charge in [-0.1, -0.05) is 0 Å². The molecule has 28 heavy (non-hydrogen) atoms. The summed E-state index contributed by atoms with van der Waals surface area (Å²) in [6, 6.07) is 5.68. The van der Waals surface area contributed by atoms with E-state index in [0.717, 1.165) is 10.4 Å². The van der Waals surface area contributed by atoms with Crippen LogP contribution < -0.4 is 5.32 Å². The summed E-state index contributed by atoms with van der Waals surface area (Å²) in [5.74, 6) is 0.238. The van der Waals surface area contributed by atoms with E-state index in [0.29, 0.717) is 42.1 Å². The molecule has 2 aromatic heterocycles. The summed E-state index contributed by atoms with van der Waals surface area (Å²) in [5.41, 5.74) is 1.43. The van der Waals surface area contributed by atoms with E-state index < -0.39 is 0 Å². The van der Waals surface area contributed by atoms with Crippen LogP contribution in [0.4, 0.5) is 9.80 Å². The van der Waals surface area contributed by atoms with Gasteiger partial charge in [-0.05, 0) is 43.5 Å². The van der Waals surface area contributed by atoms with Crippen molar-refractivity contribution in [3.63, 3.8) is 0 Å². The van der Waals surface area contributed by atoms with E-state index in [-0.39, 0.29) is 18.1 Å². The van der Waals surface area contributed by atoms with E-state index in [1.807, 2.05) is 6.92 Å². The van der Waals surface area contributed by atoms with Gasteiger partial charge in [0.2, 0.25) is 5.91 Å². The molecular formula is C20H21N3O4S. The van der Waals surface area contributed by atoms with Gasteiger partial charge in [-0.15, -0.1) is 11.3 Å². The fourth-order valence-corrected chi connectivity index (χ4v) is 4.19. The van der Waals surface area contributed by atoms with Crippen LogP contribution in [0.2, 0.25) is 0 Å². The molecule has 0 fully saturated rings. The smallest absolute Gasteiger partial charge is 0.409 e. The molecule has 2 amide bonds. The number of furan rings is 1. The van der Waals surface area contributed by atoms with Gasteiger partial charge in [-0.3, -0.25) is 4.79 Å². The van der Waals surface area contributed by atoms with Crippen molar-refractivity contribution < 1.29 is 18.7 Å². The van der Waals surface area contributed by atoms with Gasteiger partial charge in [0.05, 0.1) is 11.8 Å². The fraction of sp³-hybridized carbons (Fsp3) is 0.350. The molecule has 2 heterocycles. The number of anilines is 1. The molecule has 1 atom stereocenters. The number of carbonyl (C=O) groups is 2. The van der Waals surface area contributed by atoms with Crippen molar-refractivity contribution >= 4 is 34.4 Å². The lowest BCUT2D eigenvalue weighted by Crippen LogP contribution is -2.33. The number of hydrogen-bond donors (Lipinski definition) is 1. The maximum atomic E-state index is 12.2. The number of carbonyl (C=O) groups excluding carboxylic acids is 2. The van der Waals surface area contributed by atoms with Crippen molar-refractivity contribution in [2.75, 3.05) is 18.9 Å². The zero-order valence-corrected chi connectivity index (χ0v) is 16.5. The van der Waals surface area contributed by atoms with Gasteiger partial charge >= 0.3 is 6.09 Å². The monoisotopic (exact) mass is 399 g/mol. The maximum absolute atomic E-state index is 12.2. The summed E-state index contributed by atoms with van der Waals surface area (Å²) in [5, 5.41) is 12.9. The van der Waals surface area contributed by atoms with Crippen LogP contribution in [0, 0.1) is 11.3 Å². The predicted molar refractivity (Wildman–Crippen MR) is 106 cm³/mol. The van der Waals surface area contributed by atoms with Crippen LogP contribution in [0.15, 0.2) is 28.9 Å². The molecule has 0 spiro atoms. The molecule has 1 N–H and O–H groups in total. The number of thiophene rings is 1. The number of nitriles is 1. The van der Waals surface area contributed by atoms with Crippen LogP contribution in [0.1, 0.15) is 35.1 Å². The number of nitrogens with one attached hydrogen (secondary N) is 1. The highest BCUT2D eigenvalue weighted by Gasteiger charge is 2.28. The highest BCUT2D eigenvalue weighted by atomic mass is 32.1. The Kier molecular flexibility index (Phi) is 6.16. The first kappa shape index (κ1) is 19.7. The van der Waals surface area contributed by atoms with Crippen LogP contribution in [-0.4, -0.2) is 36.6 Å². The normalized spacial score (nSPS) is 15.7. The first-order chi connectivity index (χ1) is 13.5. The Morgan fingerprint density at radius 2 is 2.36 bits per heavy atom. The van der Waals surface area contributed by atoms with Crippen molar-refractivity contribution in [3.05, 3.63) is 46.2 Å². The molecule has 2 aromatic rings. The Hall–Kier alpha value is -3.05.